The zero-order chi connectivity index (χ0) is 13.3. The number of alkyl halides is 1. The first-order valence-corrected chi connectivity index (χ1v) is 6.65. The Morgan fingerprint density at radius 2 is 2.22 bits per heavy atom. The number of rotatable bonds is 1. The monoisotopic (exact) mass is 267 g/mol. The van der Waals surface area contributed by atoms with Crippen molar-refractivity contribution in [1.29, 1.82) is 0 Å². The average Bonchev–Trinajstić information content (AvgIpc) is 2.35. The summed E-state index contributed by atoms with van der Waals surface area (Å²) in [4.78, 5) is 14.1. The van der Waals surface area contributed by atoms with Crippen molar-refractivity contribution in [3.8, 4) is 5.75 Å². The summed E-state index contributed by atoms with van der Waals surface area (Å²) in [5.41, 5.74) is 1.33. The van der Waals surface area contributed by atoms with E-state index < -0.39 is 0 Å². The summed E-state index contributed by atoms with van der Waals surface area (Å²) in [5.74, 6) is 0.668. The number of benzene rings is 1. The molecule has 1 aromatic rings. The second-order valence-corrected chi connectivity index (χ2v) is 5.59. The summed E-state index contributed by atoms with van der Waals surface area (Å²) in [5, 5.41) is 9.50. The van der Waals surface area contributed by atoms with Gasteiger partial charge in [0.2, 0.25) is 0 Å². The molecule has 0 bridgehead atoms. The van der Waals surface area contributed by atoms with Crippen molar-refractivity contribution in [2.45, 2.75) is 25.6 Å². The number of piperidine rings is 1. The number of aryl methyl sites for hydroxylation is 1. The van der Waals surface area contributed by atoms with Gasteiger partial charge in [0.25, 0.3) is 5.91 Å². The molecule has 1 aliphatic rings. The molecule has 0 saturated carbocycles. The summed E-state index contributed by atoms with van der Waals surface area (Å²) in [7, 11) is 0. The van der Waals surface area contributed by atoms with Crippen LogP contribution in [0.1, 0.15) is 29.3 Å². The van der Waals surface area contributed by atoms with Gasteiger partial charge in [-0.15, -0.1) is 11.6 Å². The fraction of sp³-hybridized carbons (Fsp3) is 0.500. The Morgan fingerprint density at radius 1 is 1.50 bits per heavy atom. The third-order valence-corrected chi connectivity index (χ3v) is 4.17. The molecular formula is C14H18ClNO2. The van der Waals surface area contributed by atoms with Crippen molar-refractivity contribution in [3.63, 3.8) is 0 Å². The normalized spacial score (nSPS) is 24.1. The molecule has 0 spiro atoms. The number of aromatic hydroxyl groups is 1. The molecule has 2 unspecified atom stereocenters. The van der Waals surface area contributed by atoms with Crippen LogP contribution in [0.15, 0.2) is 18.2 Å². The highest BCUT2D eigenvalue weighted by molar-refractivity contribution is 6.21. The molecule has 2 atom stereocenters. The van der Waals surface area contributed by atoms with E-state index in [0.29, 0.717) is 23.6 Å². The number of likely N-dealkylation sites (tertiary alicyclic amines) is 1. The van der Waals surface area contributed by atoms with Crippen LogP contribution in [-0.4, -0.2) is 34.4 Å². The van der Waals surface area contributed by atoms with Gasteiger partial charge in [-0.25, -0.2) is 0 Å². The fourth-order valence-electron chi connectivity index (χ4n) is 2.18. The Bertz CT molecular complexity index is 461. The number of phenolic OH excluding ortho intramolecular Hbond substituents is 1. The molecule has 1 aromatic carbocycles. The fourth-order valence-corrected chi connectivity index (χ4v) is 2.47. The summed E-state index contributed by atoms with van der Waals surface area (Å²) in [6.07, 6.45) is 0.941. The maximum atomic E-state index is 12.3. The van der Waals surface area contributed by atoms with E-state index in [2.05, 4.69) is 6.92 Å². The molecule has 1 amide bonds. The lowest BCUT2D eigenvalue weighted by molar-refractivity contribution is 0.0701. The topological polar surface area (TPSA) is 40.5 Å². The lowest BCUT2D eigenvalue weighted by Gasteiger charge is -2.34. The van der Waals surface area contributed by atoms with Gasteiger partial charge in [-0.3, -0.25) is 4.79 Å². The predicted octanol–water partition coefficient (Wildman–Crippen LogP) is 2.79. The smallest absolute Gasteiger partial charge is 0.253 e. The van der Waals surface area contributed by atoms with Gasteiger partial charge in [-0.2, -0.15) is 0 Å². The first kappa shape index (κ1) is 13.2. The zero-order valence-corrected chi connectivity index (χ0v) is 11.4. The van der Waals surface area contributed by atoms with Crippen molar-refractivity contribution in [3.05, 3.63) is 29.3 Å². The number of carbonyl (C=O) groups excluding carboxylic acids is 1. The average molecular weight is 268 g/mol. The predicted molar refractivity (Wildman–Crippen MR) is 72.2 cm³/mol. The van der Waals surface area contributed by atoms with Crippen LogP contribution in [0, 0.1) is 12.8 Å². The van der Waals surface area contributed by atoms with E-state index in [9.17, 15) is 9.90 Å². The van der Waals surface area contributed by atoms with E-state index in [0.717, 1.165) is 13.0 Å². The van der Waals surface area contributed by atoms with Crippen molar-refractivity contribution in [1.82, 2.24) is 4.90 Å². The van der Waals surface area contributed by atoms with Crippen molar-refractivity contribution < 1.29 is 9.90 Å². The van der Waals surface area contributed by atoms with Crippen molar-refractivity contribution in [2.24, 2.45) is 5.92 Å². The lowest BCUT2D eigenvalue weighted by atomic mass is 9.98. The number of amides is 1. The van der Waals surface area contributed by atoms with Crippen LogP contribution in [0.3, 0.4) is 0 Å². The second kappa shape index (κ2) is 5.19. The molecule has 98 valence electrons. The number of halogens is 1. The molecule has 1 N–H and O–H groups in total. The van der Waals surface area contributed by atoms with Crippen LogP contribution in [-0.2, 0) is 0 Å². The minimum Gasteiger partial charge on any atom is -0.508 e. The van der Waals surface area contributed by atoms with Crippen LogP contribution >= 0.6 is 11.6 Å². The maximum Gasteiger partial charge on any atom is 0.253 e. The molecule has 4 heteroatoms. The Morgan fingerprint density at radius 3 is 2.83 bits per heavy atom. The van der Waals surface area contributed by atoms with Crippen LogP contribution < -0.4 is 0 Å². The van der Waals surface area contributed by atoms with Crippen LogP contribution in [0.25, 0.3) is 0 Å². The zero-order valence-electron chi connectivity index (χ0n) is 10.7. The summed E-state index contributed by atoms with van der Waals surface area (Å²) in [6, 6.07) is 4.94. The van der Waals surface area contributed by atoms with Gasteiger partial charge in [-0.05, 0) is 43.0 Å². The lowest BCUT2D eigenvalue weighted by Crippen LogP contribution is -2.43. The number of nitrogens with zero attached hydrogens (tertiary/aromatic N) is 1. The van der Waals surface area contributed by atoms with E-state index in [-0.39, 0.29) is 17.0 Å². The second-order valence-electron chi connectivity index (χ2n) is 5.03. The quantitative estimate of drug-likeness (QED) is 0.795. The summed E-state index contributed by atoms with van der Waals surface area (Å²) in [6.45, 7) is 5.25. The van der Waals surface area contributed by atoms with E-state index in [4.69, 9.17) is 11.6 Å². The van der Waals surface area contributed by atoms with Gasteiger partial charge >= 0.3 is 0 Å². The number of hydrogen-bond donors (Lipinski definition) is 1. The Labute approximate surface area is 112 Å². The van der Waals surface area contributed by atoms with Gasteiger partial charge in [0.05, 0.1) is 5.38 Å². The van der Waals surface area contributed by atoms with E-state index >= 15 is 0 Å². The Balaban J connectivity index is 2.14. The van der Waals surface area contributed by atoms with Gasteiger partial charge in [0, 0.05) is 18.7 Å². The molecule has 1 heterocycles. The van der Waals surface area contributed by atoms with Crippen LogP contribution in [0.2, 0.25) is 0 Å². The number of hydrogen-bond acceptors (Lipinski definition) is 2. The molecule has 0 aliphatic carbocycles. The largest absolute Gasteiger partial charge is 0.508 e. The van der Waals surface area contributed by atoms with E-state index in [1.807, 2.05) is 0 Å². The van der Waals surface area contributed by atoms with Gasteiger partial charge in [0.1, 0.15) is 5.75 Å². The Hall–Kier alpha value is -1.22. The van der Waals surface area contributed by atoms with Crippen LogP contribution in [0.5, 0.6) is 5.75 Å². The summed E-state index contributed by atoms with van der Waals surface area (Å²) < 4.78 is 0. The summed E-state index contributed by atoms with van der Waals surface area (Å²) >= 11 is 6.22. The SMILES string of the molecule is Cc1cc(C(=O)N2CCC(C)C(Cl)C2)ccc1O. The van der Waals surface area contributed by atoms with Crippen molar-refractivity contribution in [2.75, 3.05) is 13.1 Å². The minimum atomic E-state index is -0.00403. The number of phenols is 1. The molecule has 0 radical (unpaired) electrons. The van der Waals surface area contributed by atoms with Gasteiger partial charge < -0.3 is 10.0 Å². The maximum absolute atomic E-state index is 12.3. The molecule has 0 aromatic heterocycles. The third-order valence-electron chi connectivity index (χ3n) is 3.60. The van der Waals surface area contributed by atoms with E-state index in [1.165, 1.54) is 0 Å². The molecular weight excluding hydrogens is 250 g/mol. The van der Waals surface area contributed by atoms with E-state index in [1.54, 1.807) is 30.0 Å². The number of carbonyl (C=O) groups is 1. The van der Waals surface area contributed by atoms with Crippen molar-refractivity contribution >= 4 is 17.5 Å². The molecule has 2 rings (SSSR count). The minimum absolute atomic E-state index is 0.00403. The molecule has 3 nitrogen and oxygen atoms in total. The standard InChI is InChI=1S/C14H18ClNO2/c1-9-5-6-16(8-12(9)15)14(18)11-3-4-13(17)10(2)7-11/h3-4,7,9,12,17H,5-6,8H2,1-2H3. The highest BCUT2D eigenvalue weighted by Gasteiger charge is 2.27. The molecule has 1 aliphatic heterocycles. The first-order chi connectivity index (χ1) is 8.49. The highest BCUT2D eigenvalue weighted by Crippen LogP contribution is 2.24. The van der Waals surface area contributed by atoms with Gasteiger partial charge in [-0.1, -0.05) is 6.92 Å². The third kappa shape index (κ3) is 2.61. The molecule has 18 heavy (non-hydrogen) atoms. The molecule has 1 saturated heterocycles. The van der Waals surface area contributed by atoms with Crippen LogP contribution in [0.4, 0.5) is 0 Å². The Kier molecular flexibility index (Phi) is 3.81. The highest BCUT2D eigenvalue weighted by atomic mass is 35.5. The first-order valence-electron chi connectivity index (χ1n) is 6.22. The van der Waals surface area contributed by atoms with Gasteiger partial charge in [0.15, 0.2) is 0 Å². The molecule has 1 fully saturated rings.